The van der Waals surface area contributed by atoms with E-state index in [-0.39, 0.29) is 42.6 Å². The molecule has 0 saturated heterocycles. The smallest absolute Gasteiger partial charge is 0.744 e. The number of hydrogen-bond acceptors (Lipinski definition) is 7. The Bertz CT molecular complexity index is 1490. The Morgan fingerprint density at radius 2 is 1.11 bits per heavy atom. The summed E-state index contributed by atoms with van der Waals surface area (Å²) >= 11 is 0.854. The summed E-state index contributed by atoms with van der Waals surface area (Å²) in [6, 6.07) is 29.6. The van der Waals surface area contributed by atoms with Gasteiger partial charge in [-0.3, -0.25) is 5.04 Å². The maximum atomic E-state index is 11.2. The molecule has 10 heteroatoms. The summed E-state index contributed by atoms with van der Waals surface area (Å²) in [5, 5.41) is 13.4. The fraction of sp³-hybridized carbons (Fsp3) is 0. The van der Waals surface area contributed by atoms with Gasteiger partial charge in [0.1, 0.15) is 10.1 Å². The minimum atomic E-state index is -4.48. The van der Waals surface area contributed by atoms with E-state index in [1.165, 1.54) is 12.1 Å². The molecule has 0 unspecified atom stereocenters. The van der Waals surface area contributed by atoms with E-state index in [1.54, 1.807) is 18.2 Å². The van der Waals surface area contributed by atoms with E-state index in [1.807, 2.05) is 91.0 Å². The predicted molar refractivity (Wildman–Crippen MR) is 139 cm³/mol. The SMILES string of the molecule is O=S(=O)([O-])c1cccc(/C=C/c2ccc(-c3ccc(/C=C/c4cccc(SOO[O-])c4)cc3)cc2)c1.[Li+].[Li+]. The van der Waals surface area contributed by atoms with Crippen LogP contribution < -0.4 is 43.0 Å². The summed E-state index contributed by atoms with van der Waals surface area (Å²) in [6.07, 6.45) is 7.60. The van der Waals surface area contributed by atoms with Gasteiger partial charge >= 0.3 is 37.7 Å². The molecule has 4 aromatic rings. The van der Waals surface area contributed by atoms with E-state index in [9.17, 15) is 18.2 Å². The van der Waals surface area contributed by atoms with Crippen molar-refractivity contribution in [2.45, 2.75) is 9.79 Å². The molecule has 0 spiro atoms. The Hall–Kier alpha value is -2.31. The first-order chi connectivity index (χ1) is 17.4. The maximum absolute atomic E-state index is 11.2. The molecule has 0 N–H and O–H groups in total. The summed E-state index contributed by atoms with van der Waals surface area (Å²) in [5.74, 6) is 0. The predicted octanol–water partition coefficient (Wildman–Crippen LogP) is -0.163. The first-order valence-electron chi connectivity index (χ1n) is 10.8. The van der Waals surface area contributed by atoms with Crippen molar-refractivity contribution >= 4 is 46.5 Å². The standard InChI is InChI=1S/C28H22O6S2.2Li/c29-33-34-35-27-5-1-3-23(19-27)9-7-21-11-15-25(16-12-21)26-17-13-22(14-18-26)8-10-24-4-2-6-28(20-24)36(30,31)32;;/h1-20,29H,(H,30,31,32);;/q;2*+1/p-2/b9-7+,10-8+;;. The van der Waals surface area contributed by atoms with Crippen LogP contribution in [0.4, 0.5) is 0 Å². The van der Waals surface area contributed by atoms with Gasteiger partial charge in [-0.05, 0) is 57.6 Å². The first kappa shape index (κ1) is 31.9. The topological polar surface area (TPSA) is 98.7 Å². The number of hydrogen-bond donors (Lipinski definition) is 0. The van der Waals surface area contributed by atoms with E-state index >= 15 is 0 Å². The Labute approximate surface area is 250 Å². The van der Waals surface area contributed by atoms with E-state index in [2.05, 4.69) is 9.37 Å². The van der Waals surface area contributed by atoms with Crippen LogP contribution in [0.5, 0.6) is 0 Å². The minimum Gasteiger partial charge on any atom is -0.744 e. The monoisotopic (exact) mass is 530 g/mol. The summed E-state index contributed by atoms with van der Waals surface area (Å²) < 4.78 is 37.9. The van der Waals surface area contributed by atoms with Gasteiger partial charge in [-0.2, -0.15) is 4.33 Å². The molecule has 0 aliphatic carbocycles. The van der Waals surface area contributed by atoms with Crippen LogP contribution >= 0.6 is 12.0 Å². The second-order valence-electron chi connectivity index (χ2n) is 7.73. The van der Waals surface area contributed by atoms with Gasteiger partial charge in [0, 0.05) is 4.90 Å². The van der Waals surface area contributed by atoms with Gasteiger partial charge in [-0.1, -0.05) is 97.1 Å². The van der Waals surface area contributed by atoms with Crippen molar-refractivity contribution in [1.82, 2.24) is 0 Å². The van der Waals surface area contributed by atoms with Gasteiger partial charge in [0.15, 0.2) is 0 Å². The second-order valence-corrected chi connectivity index (χ2v) is 9.88. The third-order valence-corrected chi connectivity index (χ3v) is 6.66. The van der Waals surface area contributed by atoms with Crippen molar-refractivity contribution in [1.29, 1.82) is 0 Å². The quantitative estimate of drug-likeness (QED) is 0.0741. The van der Waals surface area contributed by atoms with Crippen molar-refractivity contribution in [2.75, 3.05) is 0 Å². The fourth-order valence-electron chi connectivity index (χ4n) is 3.46. The molecular formula is C28H20Li2O6S2. The molecular weight excluding hydrogens is 510 g/mol. The van der Waals surface area contributed by atoms with Crippen molar-refractivity contribution in [2.24, 2.45) is 0 Å². The van der Waals surface area contributed by atoms with Gasteiger partial charge in [0.2, 0.25) is 0 Å². The molecule has 6 nitrogen and oxygen atoms in total. The molecule has 0 bridgehead atoms. The molecule has 0 aromatic heterocycles. The van der Waals surface area contributed by atoms with Crippen molar-refractivity contribution in [3.05, 3.63) is 119 Å². The van der Waals surface area contributed by atoms with Crippen molar-refractivity contribution in [3.8, 4) is 11.1 Å². The molecule has 4 aromatic carbocycles. The molecule has 0 atom stereocenters. The molecule has 0 radical (unpaired) electrons. The molecule has 0 aliphatic heterocycles. The number of rotatable bonds is 9. The van der Waals surface area contributed by atoms with Gasteiger partial charge in [0.05, 0.1) is 16.9 Å². The van der Waals surface area contributed by atoms with Crippen LogP contribution in [0.15, 0.2) is 107 Å². The molecule has 0 aliphatic rings. The van der Waals surface area contributed by atoms with Crippen LogP contribution in [0.25, 0.3) is 35.4 Å². The molecule has 38 heavy (non-hydrogen) atoms. The van der Waals surface area contributed by atoms with Crippen LogP contribution in [-0.4, -0.2) is 13.0 Å². The van der Waals surface area contributed by atoms with E-state index < -0.39 is 10.1 Å². The third-order valence-electron chi connectivity index (χ3n) is 5.25. The number of benzene rings is 4. The van der Waals surface area contributed by atoms with Crippen LogP contribution in [0.3, 0.4) is 0 Å². The van der Waals surface area contributed by atoms with Gasteiger partial charge in [-0.15, -0.1) is 0 Å². The zero-order valence-electron chi connectivity index (χ0n) is 20.8. The molecule has 4 rings (SSSR count). The van der Waals surface area contributed by atoms with Gasteiger partial charge in [-0.25, -0.2) is 8.42 Å². The van der Waals surface area contributed by atoms with Gasteiger partial charge in [0.25, 0.3) is 0 Å². The zero-order chi connectivity index (χ0) is 25.4. The third kappa shape index (κ3) is 9.46. The Morgan fingerprint density at radius 3 is 1.61 bits per heavy atom. The first-order valence-corrected chi connectivity index (χ1v) is 12.9. The Kier molecular flexibility index (Phi) is 12.9. The Morgan fingerprint density at radius 1 is 0.632 bits per heavy atom. The van der Waals surface area contributed by atoms with Crippen LogP contribution in [0.1, 0.15) is 22.3 Å². The largest absolute Gasteiger partial charge is 1.00 e. The summed E-state index contributed by atoms with van der Waals surface area (Å²) in [7, 11) is -4.48. The summed E-state index contributed by atoms with van der Waals surface area (Å²) in [5.41, 5.74) is 5.72. The molecule has 0 amide bonds. The molecule has 0 fully saturated rings. The second kappa shape index (κ2) is 15.3. The van der Waals surface area contributed by atoms with Gasteiger partial charge < -0.3 is 9.81 Å². The molecule has 0 saturated carbocycles. The van der Waals surface area contributed by atoms with E-state index in [0.717, 1.165) is 44.8 Å². The minimum absolute atomic E-state index is 0. The zero-order valence-corrected chi connectivity index (χ0v) is 22.4. The van der Waals surface area contributed by atoms with E-state index in [4.69, 9.17) is 0 Å². The normalized spacial score (nSPS) is 11.3. The summed E-state index contributed by atoms with van der Waals surface area (Å²) in [6.45, 7) is 0. The molecule has 182 valence electrons. The van der Waals surface area contributed by atoms with Crippen LogP contribution in [0, 0.1) is 0 Å². The summed E-state index contributed by atoms with van der Waals surface area (Å²) in [4.78, 5) is 0.511. The van der Waals surface area contributed by atoms with Crippen molar-refractivity contribution < 1.29 is 65.3 Å². The Balaban J connectivity index is 0.00000253. The van der Waals surface area contributed by atoms with Crippen LogP contribution in [0.2, 0.25) is 0 Å². The van der Waals surface area contributed by atoms with Crippen molar-refractivity contribution in [3.63, 3.8) is 0 Å². The average Bonchev–Trinajstić information content (AvgIpc) is 2.90. The van der Waals surface area contributed by atoms with E-state index in [0.29, 0.717) is 5.56 Å². The molecule has 0 heterocycles. The average molecular weight is 530 g/mol. The van der Waals surface area contributed by atoms with Crippen LogP contribution in [-0.2, 0) is 19.5 Å². The fourth-order valence-corrected chi connectivity index (χ4v) is 4.41. The maximum Gasteiger partial charge on any atom is 1.00 e.